The van der Waals surface area contributed by atoms with Crippen LogP contribution in [0.5, 0.6) is 0 Å². The van der Waals surface area contributed by atoms with Gasteiger partial charge in [-0.2, -0.15) is 0 Å². The summed E-state index contributed by atoms with van der Waals surface area (Å²) < 4.78 is 0. The van der Waals surface area contributed by atoms with Gasteiger partial charge in [-0.15, -0.1) is 0 Å². The minimum Gasteiger partial charge on any atom is -0.356 e. The van der Waals surface area contributed by atoms with Crippen molar-refractivity contribution in [1.82, 2.24) is 10.6 Å². The van der Waals surface area contributed by atoms with Crippen LogP contribution >= 0.6 is 0 Å². The molecule has 1 unspecified atom stereocenters. The van der Waals surface area contributed by atoms with Gasteiger partial charge in [0.15, 0.2) is 0 Å². The lowest BCUT2D eigenvalue weighted by atomic mass is 9.98. The van der Waals surface area contributed by atoms with E-state index in [4.69, 9.17) is 0 Å². The second-order valence-electron chi connectivity index (χ2n) is 5.81. The first-order chi connectivity index (χ1) is 9.74. The van der Waals surface area contributed by atoms with Crippen LogP contribution in [0.1, 0.15) is 71.1 Å². The SMILES string of the molecule is CCCCCCCCCCNC(=O)C1CCC(=O)NC1. The number of hydrogen-bond acceptors (Lipinski definition) is 2. The van der Waals surface area contributed by atoms with Gasteiger partial charge in [-0.1, -0.05) is 51.9 Å². The fourth-order valence-corrected chi connectivity index (χ4v) is 2.57. The molecule has 0 aromatic rings. The van der Waals surface area contributed by atoms with Crippen LogP contribution in [0.4, 0.5) is 0 Å². The van der Waals surface area contributed by atoms with Crippen molar-refractivity contribution in [2.75, 3.05) is 13.1 Å². The minimum atomic E-state index is -0.0262. The molecule has 0 aromatic carbocycles. The predicted molar refractivity (Wildman–Crippen MR) is 81.4 cm³/mol. The third-order valence-corrected chi connectivity index (χ3v) is 3.97. The summed E-state index contributed by atoms with van der Waals surface area (Å²) in [6, 6.07) is 0. The summed E-state index contributed by atoms with van der Waals surface area (Å²) in [5, 5.41) is 5.74. The van der Waals surface area contributed by atoms with E-state index in [1.54, 1.807) is 0 Å². The molecule has 1 heterocycles. The van der Waals surface area contributed by atoms with Crippen molar-refractivity contribution in [2.24, 2.45) is 5.92 Å². The molecule has 1 aliphatic heterocycles. The van der Waals surface area contributed by atoms with E-state index in [-0.39, 0.29) is 17.7 Å². The standard InChI is InChI=1S/C16H30N2O2/c1-2-3-4-5-6-7-8-9-12-17-16(20)14-10-11-15(19)18-13-14/h14H,2-13H2,1H3,(H,17,20)(H,18,19). The third-order valence-electron chi connectivity index (χ3n) is 3.97. The Labute approximate surface area is 123 Å². The van der Waals surface area contributed by atoms with Gasteiger partial charge in [0.1, 0.15) is 0 Å². The molecule has 0 aromatic heterocycles. The Balaban J connectivity index is 1.90. The molecule has 2 N–H and O–H groups in total. The van der Waals surface area contributed by atoms with Crippen molar-refractivity contribution >= 4 is 11.8 Å². The van der Waals surface area contributed by atoms with Crippen molar-refractivity contribution in [3.8, 4) is 0 Å². The van der Waals surface area contributed by atoms with Gasteiger partial charge in [0.05, 0.1) is 5.92 Å². The second kappa shape index (κ2) is 10.7. The van der Waals surface area contributed by atoms with Crippen LogP contribution < -0.4 is 10.6 Å². The lowest BCUT2D eigenvalue weighted by molar-refractivity contribution is -0.128. The molecule has 1 fully saturated rings. The molecule has 1 atom stereocenters. The molecule has 0 saturated carbocycles. The summed E-state index contributed by atoms with van der Waals surface area (Å²) in [6.07, 6.45) is 11.4. The maximum Gasteiger partial charge on any atom is 0.224 e. The van der Waals surface area contributed by atoms with Crippen molar-refractivity contribution in [2.45, 2.75) is 71.1 Å². The molecule has 0 aliphatic carbocycles. The molecule has 116 valence electrons. The molecule has 0 spiro atoms. The van der Waals surface area contributed by atoms with E-state index in [1.807, 2.05) is 0 Å². The van der Waals surface area contributed by atoms with Gasteiger partial charge in [0.25, 0.3) is 0 Å². The average molecular weight is 282 g/mol. The number of carbonyl (C=O) groups excluding carboxylic acids is 2. The van der Waals surface area contributed by atoms with Crippen LogP contribution in [0, 0.1) is 5.92 Å². The maximum absolute atomic E-state index is 11.8. The van der Waals surface area contributed by atoms with Crippen molar-refractivity contribution in [1.29, 1.82) is 0 Å². The van der Waals surface area contributed by atoms with E-state index in [2.05, 4.69) is 17.6 Å². The highest BCUT2D eigenvalue weighted by Gasteiger charge is 2.23. The fraction of sp³-hybridized carbons (Fsp3) is 0.875. The Bertz CT molecular complexity index is 282. The van der Waals surface area contributed by atoms with Crippen LogP contribution in [-0.2, 0) is 9.59 Å². The van der Waals surface area contributed by atoms with Gasteiger partial charge in [-0.25, -0.2) is 0 Å². The fourth-order valence-electron chi connectivity index (χ4n) is 2.57. The zero-order valence-electron chi connectivity index (χ0n) is 12.9. The summed E-state index contributed by atoms with van der Waals surface area (Å²) in [6.45, 7) is 3.51. The van der Waals surface area contributed by atoms with Crippen LogP contribution in [0.3, 0.4) is 0 Å². The smallest absolute Gasteiger partial charge is 0.224 e. The Morgan fingerprint density at radius 3 is 2.40 bits per heavy atom. The van der Waals surface area contributed by atoms with Crippen molar-refractivity contribution < 1.29 is 9.59 Å². The van der Waals surface area contributed by atoms with E-state index in [0.29, 0.717) is 19.4 Å². The number of unbranched alkanes of at least 4 members (excludes halogenated alkanes) is 7. The van der Waals surface area contributed by atoms with Crippen LogP contribution in [0.15, 0.2) is 0 Å². The Morgan fingerprint density at radius 2 is 1.80 bits per heavy atom. The number of hydrogen-bond donors (Lipinski definition) is 2. The second-order valence-corrected chi connectivity index (χ2v) is 5.81. The highest BCUT2D eigenvalue weighted by molar-refractivity contribution is 5.83. The number of amides is 2. The molecule has 1 rings (SSSR count). The molecule has 0 radical (unpaired) electrons. The Morgan fingerprint density at radius 1 is 1.15 bits per heavy atom. The monoisotopic (exact) mass is 282 g/mol. The summed E-state index contributed by atoms with van der Waals surface area (Å²) in [5.41, 5.74) is 0. The zero-order valence-corrected chi connectivity index (χ0v) is 12.9. The Hall–Kier alpha value is -1.06. The number of nitrogens with one attached hydrogen (secondary N) is 2. The summed E-state index contributed by atoms with van der Waals surface area (Å²) in [7, 11) is 0. The van der Waals surface area contributed by atoms with E-state index in [1.165, 1.54) is 44.9 Å². The topological polar surface area (TPSA) is 58.2 Å². The highest BCUT2D eigenvalue weighted by atomic mass is 16.2. The van der Waals surface area contributed by atoms with Gasteiger partial charge in [-0.05, 0) is 12.8 Å². The van der Waals surface area contributed by atoms with E-state index < -0.39 is 0 Å². The quantitative estimate of drug-likeness (QED) is 0.605. The van der Waals surface area contributed by atoms with Crippen LogP contribution in [0.25, 0.3) is 0 Å². The average Bonchev–Trinajstić information content (AvgIpc) is 2.46. The predicted octanol–water partition coefficient (Wildman–Crippen LogP) is 2.77. The molecule has 2 amide bonds. The molecule has 1 saturated heterocycles. The summed E-state index contributed by atoms with van der Waals surface area (Å²) >= 11 is 0. The minimum absolute atomic E-state index is 0.0262. The molecular formula is C16H30N2O2. The van der Waals surface area contributed by atoms with E-state index in [0.717, 1.165) is 13.0 Å². The van der Waals surface area contributed by atoms with Gasteiger partial charge in [0, 0.05) is 19.5 Å². The highest BCUT2D eigenvalue weighted by Crippen LogP contribution is 2.11. The number of piperidine rings is 1. The van der Waals surface area contributed by atoms with E-state index in [9.17, 15) is 9.59 Å². The number of carbonyl (C=O) groups is 2. The number of rotatable bonds is 10. The van der Waals surface area contributed by atoms with Crippen LogP contribution in [0.2, 0.25) is 0 Å². The largest absolute Gasteiger partial charge is 0.356 e. The maximum atomic E-state index is 11.8. The molecule has 1 aliphatic rings. The summed E-state index contributed by atoms with van der Waals surface area (Å²) in [5.74, 6) is 0.145. The first-order valence-electron chi connectivity index (χ1n) is 8.28. The lowest BCUT2D eigenvalue weighted by Gasteiger charge is -2.21. The third kappa shape index (κ3) is 7.51. The molecular weight excluding hydrogens is 252 g/mol. The molecule has 4 nitrogen and oxygen atoms in total. The van der Waals surface area contributed by atoms with Gasteiger partial charge >= 0.3 is 0 Å². The molecule has 0 bridgehead atoms. The van der Waals surface area contributed by atoms with Gasteiger partial charge in [-0.3, -0.25) is 9.59 Å². The van der Waals surface area contributed by atoms with E-state index >= 15 is 0 Å². The first kappa shape index (κ1) is 17.0. The van der Waals surface area contributed by atoms with Crippen molar-refractivity contribution in [3.05, 3.63) is 0 Å². The zero-order chi connectivity index (χ0) is 14.6. The van der Waals surface area contributed by atoms with Crippen LogP contribution in [-0.4, -0.2) is 24.9 Å². The van der Waals surface area contributed by atoms with Gasteiger partial charge in [0.2, 0.25) is 11.8 Å². The lowest BCUT2D eigenvalue weighted by Crippen LogP contribution is -2.43. The first-order valence-corrected chi connectivity index (χ1v) is 8.28. The summed E-state index contributed by atoms with van der Waals surface area (Å²) in [4.78, 5) is 22.9. The normalized spacial score (nSPS) is 18.6. The van der Waals surface area contributed by atoms with Gasteiger partial charge < -0.3 is 10.6 Å². The molecule has 4 heteroatoms. The Kier molecular flexibility index (Phi) is 9.09. The molecule has 20 heavy (non-hydrogen) atoms. The van der Waals surface area contributed by atoms with Crippen molar-refractivity contribution in [3.63, 3.8) is 0 Å².